The second kappa shape index (κ2) is 16.5. The van der Waals surface area contributed by atoms with Gasteiger partial charge in [-0.2, -0.15) is 0 Å². The number of aliphatic hydroxyl groups is 1. The fraction of sp³-hybridized carbons (Fsp3) is 0.535. The second-order valence-electron chi connectivity index (χ2n) is 15.1. The molecule has 0 spiro atoms. The minimum Gasteiger partial charge on any atom is -0.496 e. The lowest BCUT2D eigenvalue weighted by Gasteiger charge is -2.53. The molecule has 0 unspecified atom stereocenters. The van der Waals surface area contributed by atoms with E-state index in [0.29, 0.717) is 46.8 Å². The van der Waals surface area contributed by atoms with Gasteiger partial charge in [-0.3, -0.25) is 9.59 Å². The Balaban J connectivity index is 0.000000226. The highest BCUT2D eigenvalue weighted by Gasteiger charge is 2.62. The number of methoxy groups -OCH3 is 1. The van der Waals surface area contributed by atoms with Crippen molar-refractivity contribution in [3.63, 3.8) is 0 Å². The molecule has 2 aromatic rings. The summed E-state index contributed by atoms with van der Waals surface area (Å²) in [5.41, 5.74) is 12.2. The molecular formula is C43H57ClN4O4. The number of hydrogen-bond acceptors (Lipinski definition) is 7. The summed E-state index contributed by atoms with van der Waals surface area (Å²) in [6, 6.07) is 12.1. The van der Waals surface area contributed by atoms with E-state index in [4.69, 9.17) is 22.1 Å². The molecule has 0 aromatic heterocycles. The smallest absolute Gasteiger partial charge is 0.255 e. The topological polar surface area (TPSA) is 108 Å². The normalized spacial score (nSPS) is 26.2. The van der Waals surface area contributed by atoms with E-state index in [0.717, 1.165) is 58.2 Å². The molecule has 0 bridgehead atoms. The number of nitrogens with zero attached hydrogens (tertiary/aromatic N) is 2. The van der Waals surface area contributed by atoms with Crippen LogP contribution >= 0.6 is 11.6 Å². The first-order chi connectivity index (χ1) is 24.8. The molecule has 0 aliphatic heterocycles. The van der Waals surface area contributed by atoms with Crippen LogP contribution in [0.1, 0.15) is 94.5 Å². The van der Waals surface area contributed by atoms with E-state index in [9.17, 15) is 14.7 Å². The van der Waals surface area contributed by atoms with Crippen molar-refractivity contribution in [1.82, 2.24) is 10.2 Å². The summed E-state index contributed by atoms with van der Waals surface area (Å²) in [4.78, 5) is 28.7. The summed E-state index contributed by atoms with van der Waals surface area (Å²) in [6.45, 7) is 11.6. The van der Waals surface area contributed by atoms with Crippen LogP contribution in [0, 0.1) is 29.1 Å². The van der Waals surface area contributed by atoms with Crippen molar-refractivity contribution < 1.29 is 19.4 Å². The van der Waals surface area contributed by atoms with Crippen LogP contribution < -0.4 is 20.7 Å². The molecule has 280 valence electrons. The van der Waals surface area contributed by atoms with Crippen LogP contribution in [0.25, 0.3) is 0 Å². The molecule has 4 aliphatic rings. The predicted octanol–water partition coefficient (Wildman–Crippen LogP) is 7.41. The molecule has 6 rings (SSSR count). The van der Waals surface area contributed by atoms with E-state index in [-0.39, 0.29) is 23.0 Å². The Morgan fingerprint density at radius 2 is 1.83 bits per heavy atom. The van der Waals surface area contributed by atoms with E-state index < -0.39 is 5.60 Å². The average molecular weight is 729 g/mol. The Morgan fingerprint density at radius 3 is 2.46 bits per heavy atom. The lowest BCUT2D eigenvalue weighted by molar-refractivity contribution is -0.114. The van der Waals surface area contributed by atoms with Gasteiger partial charge in [0.2, 0.25) is 0 Å². The number of benzene rings is 2. The predicted molar refractivity (Wildman–Crippen MR) is 212 cm³/mol. The molecular weight excluding hydrogens is 672 g/mol. The fourth-order valence-corrected chi connectivity index (χ4v) is 9.42. The van der Waals surface area contributed by atoms with E-state index in [1.165, 1.54) is 35.6 Å². The monoisotopic (exact) mass is 728 g/mol. The Bertz CT molecular complexity index is 1770. The Morgan fingerprint density at radius 1 is 1.12 bits per heavy atom. The first-order valence-electron chi connectivity index (χ1n) is 18.8. The Hall–Kier alpha value is -3.77. The zero-order chi connectivity index (χ0) is 37.8. The molecule has 2 aromatic carbocycles. The molecule has 52 heavy (non-hydrogen) atoms. The first-order valence-corrected chi connectivity index (χ1v) is 19.2. The van der Waals surface area contributed by atoms with Gasteiger partial charge in [-0.25, -0.2) is 0 Å². The number of nitrogens with two attached hydrogens (primary N) is 1. The van der Waals surface area contributed by atoms with Gasteiger partial charge in [-0.1, -0.05) is 56.0 Å². The highest BCUT2D eigenvalue weighted by molar-refractivity contribution is 6.33. The average Bonchev–Trinajstić information content (AvgIpc) is 3.40. The molecule has 0 heterocycles. The van der Waals surface area contributed by atoms with E-state index >= 15 is 0 Å². The van der Waals surface area contributed by atoms with Gasteiger partial charge in [-0.15, -0.1) is 5.92 Å². The van der Waals surface area contributed by atoms with Crippen LogP contribution in [-0.2, 0) is 4.79 Å². The van der Waals surface area contributed by atoms with Crippen LogP contribution in [0.2, 0.25) is 5.02 Å². The van der Waals surface area contributed by atoms with E-state index in [1.807, 2.05) is 13.0 Å². The van der Waals surface area contributed by atoms with Crippen molar-refractivity contribution in [2.24, 2.45) is 17.3 Å². The summed E-state index contributed by atoms with van der Waals surface area (Å²) >= 11 is 5.95. The fourth-order valence-electron chi connectivity index (χ4n) is 9.26. The number of ketones is 1. The third-order valence-corrected chi connectivity index (χ3v) is 12.5. The highest BCUT2D eigenvalue weighted by Crippen LogP contribution is 2.66. The summed E-state index contributed by atoms with van der Waals surface area (Å²) in [7, 11) is 5.64. The number of carbonyl (C=O) groups excluding carboxylic acids is 2. The van der Waals surface area contributed by atoms with Gasteiger partial charge < -0.3 is 30.7 Å². The second-order valence-corrected chi connectivity index (χ2v) is 15.5. The maximum atomic E-state index is 12.2. The minimum atomic E-state index is -0.914. The lowest BCUT2D eigenvalue weighted by Crippen LogP contribution is -2.51. The summed E-state index contributed by atoms with van der Waals surface area (Å²) in [5, 5.41) is 14.9. The maximum Gasteiger partial charge on any atom is 0.255 e. The quantitative estimate of drug-likeness (QED) is 0.182. The number of hydrogen-bond donors (Lipinski definition) is 3. The van der Waals surface area contributed by atoms with Gasteiger partial charge >= 0.3 is 0 Å². The van der Waals surface area contributed by atoms with Gasteiger partial charge in [0.15, 0.2) is 5.78 Å². The number of anilines is 2. The van der Waals surface area contributed by atoms with E-state index in [1.54, 1.807) is 11.6 Å². The summed E-state index contributed by atoms with van der Waals surface area (Å²) in [5.74, 6) is 7.97. The summed E-state index contributed by atoms with van der Waals surface area (Å²) < 4.78 is 5.16. The number of rotatable bonds is 9. The SMILES string of the molecule is CC#C[C@]1(O)CC[C@H]2[C@@H]3CCC4=CC(=O)CCC4=C3[C@@H](c3ccc(N(C)C)cc3)C[C@@]21C.CCN(CC)CCNC(=O)c1cc(Cl)c(N)cc1OC. The Labute approximate surface area is 315 Å². The third-order valence-electron chi connectivity index (χ3n) is 12.2. The number of likely N-dealkylation sites (N-methyl/N-ethyl adjacent to an activating group) is 1. The molecule has 4 N–H and O–H groups in total. The Kier molecular flexibility index (Phi) is 12.5. The first kappa shape index (κ1) is 39.4. The van der Waals surface area contributed by atoms with Crippen molar-refractivity contribution in [3.05, 3.63) is 75.3 Å². The minimum absolute atomic E-state index is 0.212. The van der Waals surface area contributed by atoms with Gasteiger partial charge in [0.1, 0.15) is 11.4 Å². The van der Waals surface area contributed by atoms with Crippen LogP contribution in [0.15, 0.2) is 59.2 Å². The standard InChI is InChI=1S/C29H35NO2.C14H22ClN3O2/c1-5-15-29(32)16-14-26-24-12-8-20-17-22(31)11-13-23(20)27(24)25(18-28(26,29)2)19-6-9-21(10-7-19)30(3)4;1-4-18(5-2)7-6-17-14(19)10-8-11(15)12(16)9-13(10)20-3/h6-7,9-10,17,24-26,32H,8,11-14,16,18H2,1-4H3;8-9H,4-7,16H2,1-3H3,(H,17,19)/t24-,25+,26-,28-,29-;/m0./s1. The number of carbonyl (C=O) groups is 2. The third kappa shape index (κ3) is 7.78. The number of nitrogens with one attached hydrogen (secondary N) is 1. The molecule has 5 atom stereocenters. The molecule has 4 aliphatic carbocycles. The molecule has 0 radical (unpaired) electrons. The van der Waals surface area contributed by atoms with Crippen molar-refractivity contribution >= 4 is 34.7 Å². The molecule has 0 saturated heterocycles. The summed E-state index contributed by atoms with van der Waals surface area (Å²) in [6.07, 6.45) is 8.23. The van der Waals surface area contributed by atoms with Crippen molar-refractivity contribution in [3.8, 4) is 17.6 Å². The molecule has 2 fully saturated rings. The van der Waals surface area contributed by atoms with Crippen LogP contribution in [0.4, 0.5) is 11.4 Å². The van der Waals surface area contributed by atoms with Crippen molar-refractivity contribution in [1.29, 1.82) is 0 Å². The molecule has 8 nitrogen and oxygen atoms in total. The highest BCUT2D eigenvalue weighted by atomic mass is 35.5. The van der Waals surface area contributed by atoms with Crippen LogP contribution in [0.5, 0.6) is 5.75 Å². The number of nitrogen functional groups attached to an aromatic ring is 1. The molecule has 9 heteroatoms. The van der Waals surface area contributed by atoms with Gasteiger partial charge in [-0.05, 0) is 111 Å². The number of allylic oxidation sites excluding steroid dienone is 4. The number of amides is 1. The van der Waals surface area contributed by atoms with Crippen molar-refractivity contribution in [2.45, 2.75) is 84.2 Å². The number of halogens is 1. The van der Waals surface area contributed by atoms with Gasteiger partial charge in [0.25, 0.3) is 5.91 Å². The number of ether oxygens (including phenoxy) is 1. The van der Waals surface area contributed by atoms with Gasteiger partial charge in [0.05, 0.1) is 23.4 Å². The molecule has 2 saturated carbocycles. The molecule has 1 amide bonds. The maximum absolute atomic E-state index is 12.2. The largest absolute Gasteiger partial charge is 0.496 e. The van der Waals surface area contributed by atoms with Crippen molar-refractivity contribution in [2.75, 3.05) is 58.0 Å². The van der Waals surface area contributed by atoms with E-state index in [2.05, 4.69) is 86.1 Å². The zero-order valence-electron chi connectivity index (χ0n) is 32.1. The number of fused-ring (bicyclic) bond motifs is 4. The van der Waals surface area contributed by atoms with Crippen LogP contribution in [-0.4, -0.2) is 74.7 Å². The van der Waals surface area contributed by atoms with Gasteiger partial charge in [0, 0.05) is 56.7 Å². The van der Waals surface area contributed by atoms with Crippen LogP contribution in [0.3, 0.4) is 0 Å². The zero-order valence-corrected chi connectivity index (χ0v) is 32.8. The lowest BCUT2D eigenvalue weighted by atomic mass is 9.51.